The van der Waals surface area contributed by atoms with E-state index in [1.165, 1.54) is 36.4 Å². The maximum absolute atomic E-state index is 12.9. The van der Waals surface area contributed by atoms with Crippen LogP contribution in [0.25, 0.3) is 0 Å². The number of nitrogens with one attached hydrogen (secondary N) is 2. The zero-order valence-electron chi connectivity index (χ0n) is 13.6. The number of anilines is 2. The molecular formula is C17H14F6N2O2. The summed E-state index contributed by atoms with van der Waals surface area (Å²) in [6.45, 7) is -1.99. The quantitative estimate of drug-likeness (QED) is 0.701. The molecule has 27 heavy (non-hydrogen) atoms. The molecule has 0 fully saturated rings. The summed E-state index contributed by atoms with van der Waals surface area (Å²) in [4.78, 5) is 11.9. The zero-order chi connectivity index (χ0) is 20.1. The summed E-state index contributed by atoms with van der Waals surface area (Å²) < 4.78 is 80.2. The van der Waals surface area contributed by atoms with Gasteiger partial charge in [0, 0.05) is 0 Å². The van der Waals surface area contributed by atoms with E-state index in [0.717, 1.165) is 12.1 Å². The number of ether oxygens (including phenoxy) is 1. The number of hydrogen-bond acceptors (Lipinski definition) is 3. The molecule has 0 unspecified atom stereocenters. The Morgan fingerprint density at radius 2 is 1.48 bits per heavy atom. The molecule has 10 heteroatoms. The highest BCUT2D eigenvalue weighted by molar-refractivity contribution is 5.94. The Morgan fingerprint density at radius 3 is 2.11 bits per heavy atom. The lowest BCUT2D eigenvalue weighted by Gasteiger charge is -2.16. The van der Waals surface area contributed by atoms with Crippen LogP contribution in [0.3, 0.4) is 0 Å². The molecule has 0 atom stereocenters. The molecule has 0 aliphatic heterocycles. The van der Waals surface area contributed by atoms with E-state index in [1.54, 1.807) is 0 Å². The van der Waals surface area contributed by atoms with Crippen LogP contribution < -0.4 is 15.4 Å². The van der Waals surface area contributed by atoms with E-state index in [0.29, 0.717) is 0 Å². The van der Waals surface area contributed by atoms with Crippen molar-refractivity contribution in [2.45, 2.75) is 12.4 Å². The van der Waals surface area contributed by atoms with Crippen molar-refractivity contribution >= 4 is 17.3 Å². The molecule has 0 radical (unpaired) electrons. The lowest BCUT2D eigenvalue weighted by Crippen LogP contribution is -2.24. The third-order valence-electron chi connectivity index (χ3n) is 3.22. The first-order chi connectivity index (χ1) is 12.6. The van der Waals surface area contributed by atoms with E-state index in [-0.39, 0.29) is 11.4 Å². The van der Waals surface area contributed by atoms with Crippen LogP contribution in [-0.2, 0) is 11.0 Å². The van der Waals surface area contributed by atoms with Crippen LogP contribution in [0.4, 0.5) is 37.7 Å². The summed E-state index contributed by atoms with van der Waals surface area (Å²) >= 11 is 0. The molecule has 4 nitrogen and oxygen atoms in total. The third kappa shape index (κ3) is 6.39. The minimum Gasteiger partial charge on any atom is -0.482 e. The van der Waals surface area contributed by atoms with Crippen molar-refractivity contribution in [3.63, 3.8) is 0 Å². The minimum absolute atomic E-state index is 0.0982. The molecule has 0 saturated heterocycles. The van der Waals surface area contributed by atoms with Gasteiger partial charge in [0.25, 0.3) is 0 Å². The average Bonchev–Trinajstić information content (AvgIpc) is 2.57. The fourth-order valence-corrected chi connectivity index (χ4v) is 2.11. The van der Waals surface area contributed by atoms with Crippen LogP contribution >= 0.6 is 0 Å². The summed E-state index contributed by atoms with van der Waals surface area (Å²) in [5.74, 6) is -0.948. The Hall–Kier alpha value is -2.91. The normalized spacial score (nSPS) is 11.8. The van der Waals surface area contributed by atoms with Crippen LogP contribution in [0.1, 0.15) is 5.56 Å². The largest absolute Gasteiger partial charge is 0.482 e. The Labute approximate surface area is 150 Å². The molecule has 2 rings (SSSR count). The first kappa shape index (κ1) is 20.4. The van der Waals surface area contributed by atoms with Gasteiger partial charge in [0.1, 0.15) is 5.75 Å². The van der Waals surface area contributed by atoms with Crippen molar-refractivity contribution in [1.29, 1.82) is 0 Å². The molecule has 0 heterocycles. The average molecular weight is 392 g/mol. The summed E-state index contributed by atoms with van der Waals surface area (Å²) in [5.41, 5.74) is -1.33. The molecule has 0 bridgehead atoms. The lowest BCUT2D eigenvalue weighted by molar-refractivity contribution is -0.153. The van der Waals surface area contributed by atoms with Crippen LogP contribution in [0.2, 0.25) is 0 Å². The molecule has 2 N–H and O–H groups in total. The highest BCUT2D eigenvalue weighted by atomic mass is 19.4. The lowest BCUT2D eigenvalue weighted by atomic mass is 10.1. The van der Waals surface area contributed by atoms with Crippen molar-refractivity contribution in [3.8, 4) is 5.75 Å². The van der Waals surface area contributed by atoms with Gasteiger partial charge in [0.15, 0.2) is 6.61 Å². The third-order valence-corrected chi connectivity index (χ3v) is 3.22. The molecule has 2 aromatic rings. The number of alkyl halides is 6. The second-order valence-electron chi connectivity index (χ2n) is 5.35. The monoisotopic (exact) mass is 392 g/mol. The van der Waals surface area contributed by atoms with Gasteiger partial charge in [0.2, 0.25) is 5.91 Å². The maximum atomic E-state index is 12.9. The fourth-order valence-electron chi connectivity index (χ4n) is 2.11. The van der Waals surface area contributed by atoms with E-state index < -0.39 is 42.7 Å². The fraction of sp³-hybridized carbons (Fsp3) is 0.235. The molecule has 0 spiro atoms. The summed E-state index contributed by atoms with van der Waals surface area (Å²) in [7, 11) is 0. The van der Waals surface area contributed by atoms with Crippen molar-refractivity contribution < 1.29 is 35.9 Å². The number of hydrogen-bond donors (Lipinski definition) is 2. The second kappa shape index (κ2) is 8.19. The van der Waals surface area contributed by atoms with Gasteiger partial charge in [-0.15, -0.1) is 0 Å². The van der Waals surface area contributed by atoms with E-state index >= 15 is 0 Å². The first-order valence-electron chi connectivity index (χ1n) is 7.55. The van der Waals surface area contributed by atoms with Gasteiger partial charge in [-0.05, 0) is 24.3 Å². The van der Waals surface area contributed by atoms with Crippen molar-refractivity contribution in [2.24, 2.45) is 0 Å². The van der Waals surface area contributed by atoms with E-state index in [4.69, 9.17) is 0 Å². The van der Waals surface area contributed by atoms with Gasteiger partial charge in [0.05, 0.1) is 23.5 Å². The molecule has 0 aromatic heterocycles. The van der Waals surface area contributed by atoms with Crippen LogP contribution in [0.15, 0.2) is 48.5 Å². The van der Waals surface area contributed by atoms with Gasteiger partial charge >= 0.3 is 12.4 Å². The highest BCUT2D eigenvalue weighted by Crippen LogP contribution is 2.34. The van der Waals surface area contributed by atoms with Gasteiger partial charge in [-0.2, -0.15) is 26.3 Å². The predicted octanol–water partition coefficient (Wildman–Crippen LogP) is 4.70. The maximum Gasteiger partial charge on any atom is 0.422 e. The number of halogens is 6. The summed E-state index contributed by atoms with van der Waals surface area (Å²) in [5, 5.41) is 4.66. The number of benzene rings is 2. The summed E-state index contributed by atoms with van der Waals surface area (Å²) in [6.07, 6.45) is -9.18. The number of para-hydroxylation sites is 3. The van der Waals surface area contributed by atoms with Crippen LogP contribution in [-0.4, -0.2) is 25.2 Å². The SMILES string of the molecule is O=C(CNc1ccccc1OCC(F)(F)F)Nc1ccccc1C(F)(F)F. The van der Waals surface area contributed by atoms with Gasteiger partial charge in [-0.3, -0.25) is 4.79 Å². The van der Waals surface area contributed by atoms with Gasteiger partial charge < -0.3 is 15.4 Å². The summed E-state index contributed by atoms with van der Waals surface area (Å²) in [6, 6.07) is 10.0. The smallest absolute Gasteiger partial charge is 0.422 e. The molecule has 0 saturated carbocycles. The molecule has 146 valence electrons. The standard InChI is InChI=1S/C17H14F6N2O2/c18-16(19,20)10-27-14-8-4-3-7-13(14)24-9-15(26)25-12-6-2-1-5-11(12)17(21,22)23/h1-8,24H,9-10H2,(H,25,26). The van der Waals surface area contributed by atoms with Crippen molar-refractivity contribution in [3.05, 3.63) is 54.1 Å². The topological polar surface area (TPSA) is 50.4 Å². The molecular weight excluding hydrogens is 378 g/mol. The van der Waals surface area contributed by atoms with E-state index in [9.17, 15) is 31.1 Å². The number of carbonyl (C=O) groups is 1. The molecule has 0 aliphatic carbocycles. The molecule has 2 aromatic carbocycles. The van der Waals surface area contributed by atoms with Crippen LogP contribution in [0, 0.1) is 0 Å². The minimum atomic E-state index is -4.64. The number of amides is 1. The Bertz CT molecular complexity index is 789. The Morgan fingerprint density at radius 1 is 0.889 bits per heavy atom. The van der Waals surface area contributed by atoms with Gasteiger partial charge in [-0.25, -0.2) is 0 Å². The number of rotatable bonds is 6. The first-order valence-corrected chi connectivity index (χ1v) is 7.55. The second-order valence-corrected chi connectivity index (χ2v) is 5.35. The van der Waals surface area contributed by atoms with E-state index in [1.807, 2.05) is 0 Å². The van der Waals surface area contributed by atoms with Gasteiger partial charge in [-0.1, -0.05) is 24.3 Å². The van der Waals surface area contributed by atoms with Crippen molar-refractivity contribution in [1.82, 2.24) is 0 Å². The Kier molecular flexibility index (Phi) is 6.19. The number of carbonyl (C=O) groups excluding carboxylic acids is 1. The van der Waals surface area contributed by atoms with Crippen molar-refractivity contribution in [2.75, 3.05) is 23.8 Å². The molecule has 0 aliphatic rings. The molecule has 1 amide bonds. The zero-order valence-corrected chi connectivity index (χ0v) is 13.6. The van der Waals surface area contributed by atoms with Crippen LogP contribution in [0.5, 0.6) is 5.75 Å². The van der Waals surface area contributed by atoms with E-state index in [2.05, 4.69) is 15.4 Å². The predicted molar refractivity (Wildman–Crippen MR) is 86.6 cm³/mol. The Balaban J connectivity index is 2.01. The highest BCUT2D eigenvalue weighted by Gasteiger charge is 2.33.